The Balaban J connectivity index is 1.96. The van der Waals surface area contributed by atoms with Crippen molar-refractivity contribution >= 4 is 40.9 Å². The highest BCUT2D eigenvalue weighted by atomic mass is 35.5. The van der Waals surface area contributed by atoms with Crippen molar-refractivity contribution in [2.75, 3.05) is 5.43 Å². The third kappa shape index (κ3) is 4.52. The van der Waals surface area contributed by atoms with Gasteiger partial charge in [-0.15, -0.1) is 0 Å². The number of aryl methyl sites for hydroxylation is 2. The number of hydrazine groups is 1. The first-order valence-corrected chi connectivity index (χ1v) is 7.47. The maximum atomic E-state index is 11.8. The van der Waals surface area contributed by atoms with E-state index in [0.717, 1.165) is 22.4 Å². The highest BCUT2D eigenvalue weighted by Gasteiger charge is 2.01. The summed E-state index contributed by atoms with van der Waals surface area (Å²) in [4.78, 5) is 11.8. The number of rotatable bonds is 4. The number of hydrogen-bond donors (Lipinski definition) is 2. The number of carbonyl (C=O) groups excluding carboxylic acids is 1. The summed E-state index contributed by atoms with van der Waals surface area (Å²) in [6, 6.07) is 10.9. The van der Waals surface area contributed by atoms with Crippen molar-refractivity contribution in [3.8, 4) is 0 Å². The molecule has 2 aromatic rings. The Labute approximate surface area is 139 Å². The average Bonchev–Trinajstić information content (AvgIpc) is 2.45. The van der Waals surface area contributed by atoms with E-state index >= 15 is 0 Å². The fourth-order valence-electron chi connectivity index (χ4n) is 1.93. The standard InChI is InChI=1S/C17H16Cl2N2O/c1-11-9-14(18)5-3-13(11)4-8-17(22)21-20-16-7-6-15(19)10-12(16)2/h3-10,20H,1-2H3,(H,21,22)/b8-4+. The minimum Gasteiger partial charge on any atom is -0.298 e. The molecule has 0 aliphatic carbocycles. The minimum absolute atomic E-state index is 0.247. The van der Waals surface area contributed by atoms with Crippen LogP contribution in [0.1, 0.15) is 16.7 Å². The van der Waals surface area contributed by atoms with Gasteiger partial charge in [0.25, 0.3) is 5.91 Å². The molecule has 0 heterocycles. The molecule has 2 N–H and O–H groups in total. The third-order valence-corrected chi connectivity index (χ3v) is 3.63. The lowest BCUT2D eigenvalue weighted by Crippen LogP contribution is -2.27. The lowest BCUT2D eigenvalue weighted by atomic mass is 10.1. The Morgan fingerprint density at radius 2 is 1.64 bits per heavy atom. The molecule has 0 bridgehead atoms. The lowest BCUT2D eigenvalue weighted by Gasteiger charge is -2.09. The van der Waals surface area contributed by atoms with Gasteiger partial charge in [0.15, 0.2) is 0 Å². The molecular weight excluding hydrogens is 319 g/mol. The SMILES string of the molecule is Cc1cc(Cl)ccc1/C=C/C(=O)NNc1ccc(Cl)cc1C. The summed E-state index contributed by atoms with van der Waals surface area (Å²) in [5.74, 6) is -0.247. The van der Waals surface area contributed by atoms with Gasteiger partial charge in [-0.1, -0.05) is 29.3 Å². The number of halogens is 2. The fourth-order valence-corrected chi connectivity index (χ4v) is 2.38. The molecule has 0 spiro atoms. The van der Waals surface area contributed by atoms with E-state index in [1.165, 1.54) is 6.08 Å². The molecule has 2 aromatic carbocycles. The molecule has 5 heteroatoms. The van der Waals surface area contributed by atoms with Crippen LogP contribution in [-0.2, 0) is 4.79 Å². The summed E-state index contributed by atoms with van der Waals surface area (Å²) in [6.45, 7) is 3.85. The topological polar surface area (TPSA) is 41.1 Å². The molecule has 0 saturated carbocycles. The highest BCUT2D eigenvalue weighted by molar-refractivity contribution is 6.31. The fraction of sp³-hybridized carbons (Fsp3) is 0.118. The summed E-state index contributed by atoms with van der Waals surface area (Å²) in [7, 11) is 0. The molecule has 22 heavy (non-hydrogen) atoms. The van der Waals surface area contributed by atoms with Crippen LogP contribution in [0.25, 0.3) is 6.08 Å². The molecule has 1 amide bonds. The van der Waals surface area contributed by atoms with Gasteiger partial charge in [-0.3, -0.25) is 15.6 Å². The van der Waals surface area contributed by atoms with Crippen LogP contribution < -0.4 is 10.9 Å². The molecule has 0 unspecified atom stereocenters. The second-order valence-electron chi connectivity index (χ2n) is 4.91. The first-order chi connectivity index (χ1) is 10.5. The number of amides is 1. The van der Waals surface area contributed by atoms with Gasteiger partial charge in [0.1, 0.15) is 0 Å². The van der Waals surface area contributed by atoms with Gasteiger partial charge in [0.05, 0.1) is 5.69 Å². The Bertz CT molecular complexity index is 727. The molecule has 114 valence electrons. The summed E-state index contributed by atoms with van der Waals surface area (Å²) >= 11 is 11.8. The largest absolute Gasteiger partial charge is 0.298 e. The maximum absolute atomic E-state index is 11.8. The summed E-state index contributed by atoms with van der Waals surface area (Å²) in [5.41, 5.74) is 9.19. The third-order valence-electron chi connectivity index (χ3n) is 3.15. The first-order valence-electron chi connectivity index (χ1n) is 6.72. The van der Waals surface area contributed by atoms with E-state index < -0.39 is 0 Å². The minimum atomic E-state index is -0.247. The van der Waals surface area contributed by atoms with Crippen LogP contribution >= 0.6 is 23.2 Å². The second kappa shape index (κ2) is 7.34. The molecule has 0 saturated heterocycles. The number of anilines is 1. The van der Waals surface area contributed by atoms with Crippen molar-refractivity contribution in [2.45, 2.75) is 13.8 Å². The summed E-state index contributed by atoms with van der Waals surface area (Å²) in [6.07, 6.45) is 3.21. The molecule has 0 aliphatic rings. The zero-order valence-electron chi connectivity index (χ0n) is 12.3. The normalized spacial score (nSPS) is 10.7. The predicted octanol–water partition coefficient (Wildman–Crippen LogP) is 4.77. The number of benzene rings is 2. The maximum Gasteiger partial charge on any atom is 0.262 e. The van der Waals surface area contributed by atoms with Crippen molar-refractivity contribution in [2.24, 2.45) is 0 Å². The number of hydrogen-bond acceptors (Lipinski definition) is 2. The van der Waals surface area contributed by atoms with Crippen LogP contribution in [0, 0.1) is 13.8 Å². The van der Waals surface area contributed by atoms with Crippen LogP contribution in [0.15, 0.2) is 42.5 Å². The first kappa shape index (κ1) is 16.4. The van der Waals surface area contributed by atoms with Gasteiger partial charge in [0.2, 0.25) is 0 Å². The van der Waals surface area contributed by atoms with Gasteiger partial charge < -0.3 is 0 Å². The van der Waals surface area contributed by atoms with Crippen LogP contribution in [0.4, 0.5) is 5.69 Å². The molecule has 0 fully saturated rings. The van der Waals surface area contributed by atoms with E-state index in [0.29, 0.717) is 10.0 Å². The molecule has 0 radical (unpaired) electrons. The van der Waals surface area contributed by atoms with E-state index in [9.17, 15) is 4.79 Å². The second-order valence-corrected chi connectivity index (χ2v) is 5.78. The molecule has 0 aromatic heterocycles. The van der Waals surface area contributed by atoms with Crippen molar-refractivity contribution in [1.29, 1.82) is 0 Å². The zero-order valence-corrected chi connectivity index (χ0v) is 13.8. The van der Waals surface area contributed by atoms with Gasteiger partial charge in [-0.2, -0.15) is 0 Å². The van der Waals surface area contributed by atoms with E-state index in [-0.39, 0.29) is 5.91 Å². The number of nitrogens with one attached hydrogen (secondary N) is 2. The quantitative estimate of drug-likeness (QED) is 0.624. The Hall–Kier alpha value is -1.97. The average molecular weight is 335 g/mol. The molecule has 0 atom stereocenters. The highest BCUT2D eigenvalue weighted by Crippen LogP contribution is 2.19. The van der Waals surface area contributed by atoms with E-state index in [2.05, 4.69) is 10.9 Å². The molecular formula is C17H16Cl2N2O. The monoisotopic (exact) mass is 334 g/mol. The van der Waals surface area contributed by atoms with Crippen molar-refractivity contribution in [1.82, 2.24) is 5.43 Å². The molecule has 2 rings (SSSR count). The lowest BCUT2D eigenvalue weighted by molar-refractivity contribution is -0.115. The van der Waals surface area contributed by atoms with Crippen LogP contribution in [0.2, 0.25) is 10.0 Å². The van der Waals surface area contributed by atoms with Crippen molar-refractivity contribution in [3.63, 3.8) is 0 Å². The van der Waals surface area contributed by atoms with E-state index in [4.69, 9.17) is 23.2 Å². The van der Waals surface area contributed by atoms with Crippen molar-refractivity contribution in [3.05, 3.63) is 69.2 Å². The van der Waals surface area contributed by atoms with E-state index in [1.54, 1.807) is 18.2 Å². The Morgan fingerprint density at radius 3 is 2.27 bits per heavy atom. The van der Waals surface area contributed by atoms with Crippen LogP contribution in [0.3, 0.4) is 0 Å². The van der Waals surface area contributed by atoms with E-state index in [1.807, 2.05) is 38.1 Å². The van der Waals surface area contributed by atoms with Gasteiger partial charge in [-0.25, -0.2) is 0 Å². The zero-order chi connectivity index (χ0) is 16.1. The number of carbonyl (C=O) groups is 1. The Kier molecular flexibility index (Phi) is 5.47. The van der Waals surface area contributed by atoms with Crippen LogP contribution in [-0.4, -0.2) is 5.91 Å². The molecule has 0 aliphatic heterocycles. The van der Waals surface area contributed by atoms with Gasteiger partial charge in [-0.05, 0) is 66.9 Å². The predicted molar refractivity (Wildman–Crippen MR) is 93.2 cm³/mol. The summed E-state index contributed by atoms with van der Waals surface area (Å²) < 4.78 is 0. The Morgan fingerprint density at radius 1 is 1.00 bits per heavy atom. The van der Waals surface area contributed by atoms with Crippen molar-refractivity contribution < 1.29 is 4.79 Å². The smallest absolute Gasteiger partial charge is 0.262 e. The van der Waals surface area contributed by atoms with Crippen LogP contribution in [0.5, 0.6) is 0 Å². The summed E-state index contributed by atoms with van der Waals surface area (Å²) in [5, 5.41) is 1.34. The van der Waals surface area contributed by atoms with Gasteiger partial charge in [0, 0.05) is 16.1 Å². The molecule has 3 nitrogen and oxygen atoms in total. The van der Waals surface area contributed by atoms with Gasteiger partial charge >= 0.3 is 0 Å².